The van der Waals surface area contributed by atoms with Gasteiger partial charge in [-0.1, -0.05) is 0 Å². The van der Waals surface area contributed by atoms with Gasteiger partial charge in [-0.2, -0.15) is 5.10 Å². The summed E-state index contributed by atoms with van der Waals surface area (Å²) in [5.41, 5.74) is 4.83. The third-order valence-corrected chi connectivity index (χ3v) is 5.56. The molecule has 1 saturated heterocycles. The highest BCUT2D eigenvalue weighted by atomic mass is 15.3. The van der Waals surface area contributed by atoms with Gasteiger partial charge in [0.05, 0.1) is 12.2 Å². The first-order chi connectivity index (χ1) is 14.0. The van der Waals surface area contributed by atoms with Crippen LogP contribution in [0.15, 0.2) is 23.3 Å². The lowest BCUT2D eigenvalue weighted by molar-refractivity contribution is 0.635. The fraction of sp³-hybridized carbons (Fsp3) is 0.591. The fourth-order valence-corrected chi connectivity index (χ4v) is 3.87. The lowest BCUT2D eigenvalue weighted by Gasteiger charge is -2.19. The molecule has 2 aromatic heterocycles. The maximum absolute atomic E-state index is 4.81. The first kappa shape index (κ1) is 21.1. The van der Waals surface area contributed by atoms with Crippen molar-refractivity contribution in [1.29, 1.82) is 0 Å². The van der Waals surface area contributed by atoms with Crippen molar-refractivity contribution >= 4 is 11.8 Å². The minimum Gasteiger partial charge on any atom is -0.357 e. The predicted octanol–water partition coefficient (Wildman–Crippen LogP) is 2.72. The minimum atomic E-state index is 0.256. The number of hydrogen-bond donors (Lipinski definition) is 2. The Balaban J connectivity index is 1.64. The first-order valence-electron chi connectivity index (χ1n) is 10.7. The van der Waals surface area contributed by atoms with E-state index in [1.54, 1.807) is 0 Å². The van der Waals surface area contributed by atoms with Gasteiger partial charge in [0.1, 0.15) is 5.82 Å². The smallest absolute Gasteiger partial charge is 0.191 e. The fourth-order valence-electron chi connectivity index (χ4n) is 3.87. The molecule has 1 aliphatic rings. The van der Waals surface area contributed by atoms with Crippen LogP contribution >= 0.6 is 0 Å². The van der Waals surface area contributed by atoms with E-state index in [1.807, 2.05) is 17.9 Å². The maximum atomic E-state index is 4.81. The molecule has 29 heavy (non-hydrogen) atoms. The lowest BCUT2D eigenvalue weighted by Crippen LogP contribution is -2.43. The summed E-state index contributed by atoms with van der Waals surface area (Å²) in [6.45, 7) is 12.2. The van der Waals surface area contributed by atoms with Gasteiger partial charge in [-0.3, -0.25) is 4.68 Å². The molecule has 2 aromatic rings. The van der Waals surface area contributed by atoms with Crippen LogP contribution in [0.1, 0.15) is 49.2 Å². The zero-order chi connectivity index (χ0) is 20.8. The highest BCUT2D eigenvalue weighted by Crippen LogP contribution is 2.19. The molecule has 1 atom stereocenters. The normalized spacial score (nSPS) is 15.6. The molecule has 0 bridgehead atoms. The van der Waals surface area contributed by atoms with Crippen molar-refractivity contribution in [2.75, 3.05) is 24.5 Å². The van der Waals surface area contributed by atoms with Crippen LogP contribution in [0.25, 0.3) is 0 Å². The Kier molecular flexibility index (Phi) is 7.12. The second-order valence-corrected chi connectivity index (χ2v) is 7.93. The van der Waals surface area contributed by atoms with Gasteiger partial charge in [-0.05, 0) is 70.2 Å². The second-order valence-electron chi connectivity index (χ2n) is 7.93. The first-order valence-corrected chi connectivity index (χ1v) is 10.7. The lowest BCUT2D eigenvalue weighted by atomic mass is 10.1. The van der Waals surface area contributed by atoms with Crippen LogP contribution < -0.4 is 15.5 Å². The number of aromatic nitrogens is 3. The van der Waals surface area contributed by atoms with Crippen molar-refractivity contribution in [1.82, 2.24) is 25.4 Å². The Morgan fingerprint density at radius 1 is 1.28 bits per heavy atom. The van der Waals surface area contributed by atoms with E-state index in [2.05, 4.69) is 65.4 Å². The SMILES string of the molecule is CCNC(=NCc1ccnc(N2CCCC2)c1)NC(C)Cc1c(C)nn(C)c1C. The van der Waals surface area contributed by atoms with E-state index < -0.39 is 0 Å². The number of hydrogen-bond acceptors (Lipinski definition) is 4. The summed E-state index contributed by atoms with van der Waals surface area (Å²) >= 11 is 0. The molecular weight excluding hydrogens is 362 g/mol. The minimum absolute atomic E-state index is 0.256. The van der Waals surface area contributed by atoms with Gasteiger partial charge in [0, 0.05) is 44.6 Å². The number of aliphatic imine (C=N–C) groups is 1. The molecule has 2 N–H and O–H groups in total. The largest absolute Gasteiger partial charge is 0.357 e. The van der Waals surface area contributed by atoms with Gasteiger partial charge < -0.3 is 15.5 Å². The van der Waals surface area contributed by atoms with E-state index >= 15 is 0 Å². The van der Waals surface area contributed by atoms with E-state index in [4.69, 9.17) is 4.99 Å². The maximum Gasteiger partial charge on any atom is 0.191 e. The average Bonchev–Trinajstić information content (AvgIpc) is 3.32. The van der Waals surface area contributed by atoms with Crippen molar-refractivity contribution < 1.29 is 0 Å². The van der Waals surface area contributed by atoms with Crippen LogP contribution in [-0.4, -0.2) is 46.4 Å². The third kappa shape index (κ3) is 5.49. The molecule has 158 valence electrons. The van der Waals surface area contributed by atoms with Crippen LogP contribution in [0.5, 0.6) is 0 Å². The van der Waals surface area contributed by atoms with Gasteiger partial charge in [-0.25, -0.2) is 9.98 Å². The molecule has 0 aliphatic carbocycles. The monoisotopic (exact) mass is 397 g/mol. The molecule has 0 spiro atoms. The molecule has 7 heteroatoms. The van der Waals surface area contributed by atoms with Crippen LogP contribution in [0.2, 0.25) is 0 Å². The Morgan fingerprint density at radius 3 is 2.69 bits per heavy atom. The number of guanidine groups is 1. The van der Waals surface area contributed by atoms with E-state index in [0.717, 1.165) is 43.5 Å². The van der Waals surface area contributed by atoms with Crippen molar-refractivity contribution in [2.45, 2.75) is 59.5 Å². The van der Waals surface area contributed by atoms with Gasteiger partial charge in [-0.15, -0.1) is 0 Å². The Bertz CT molecular complexity index is 834. The van der Waals surface area contributed by atoms with E-state index in [-0.39, 0.29) is 6.04 Å². The zero-order valence-corrected chi connectivity index (χ0v) is 18.5. The summed E-state index contributed by atoms with van der Waals surface area (Å²) in [4.78, 5) is 11.7. The second kappa shape index (κ2) is 9.76. The molecule has 3 heterocycles. The van der Waals surface area contributed by atoms with E-state index in [0.29, 0.717) is 6.54 Å². The molecule has 7 nitrogen and oxygen atoms in total. The number of anilines is 1. The molecule has 1 unspecified atom stereocenters. The van der Waals surface area contributed by atoms with Gasteiger partial charge in [0.25, 0.3) is 0 Å². The molecule has 0 saturated carbocycles. The topological polar surface area (TPSA) is 70.4 Å². The van der Waals surface area contributed by atoms with Crippen molar-refractivity contribution in [3.05, 3.63) is 40.8 Å². The molecule has 3 rings (SSSR count). The van der Waals surface area contributed by atoms with Gasteiger partial charge in [0.15, 0.2) is 5.96 Å². The summed E-state index contributed by atoms with van der Waals surface area (Å²) in [6, 6.07) is 4.48. The number of aryl methyl sites for hydroxylation is 2. The van der Waals surface area contributed by atoms with Gasteiger partial charge in [0.2, 0.25) is 0 Å². The summed E-state index contributed by atoms with van der Waals surface area (Å²) in [5, 5.41) is 11.4. The summed E-state index contributed by atoms with van der Waals surface area (Å²) in [6.07, 6.45) is 5.33. The number of nitrogens with one attached hydrogen (secondary N) is 2. The van der Waals surface area contributed by atoms with Crippen molar-refractivity contribution in [3.63, 3.8) is 0 Å². The predicted molar refractivity (Wildman–Crippen MR) is 119 cm³/mol. The summed E-state index contributed by atoms with van der Waals surface area (Å²) in [7, 11) is 2.00. The Labute approximate surface area is 174 Å². The van der Waals surface area contributed by atoms with Gasteiger partial charge >= 0.3 is 0 Å². The van der Waals surface area contributed by atoms with Crippen LogP contribution in [0.3, 0.4) is 0 Å². The molecule has 0 radical (unpaired) electrons. The highest BCUT2D eigenvalue weighted by molar-refractivity contribution is 5.80. The summed E-state index contributed by atoms with van der Waals surface area (Å²) < 4.78 is 1.96. The molecular formula is C22H35N7. The zero-order valence-electron chi connectivity index (χ0n) is 18.5. The third-order valence-electron chi connectivity index (χ3n) is 5.56. The van der Waals surface area contributed by atoms with Crippen molar-refractivity contribution in [3.8, 4) is 0 Å². The van der Waals surface area contributed by atoms with Crippen LogP contribution in [0.4, 0.5) is 5.82 Å². The highest BCUT2D eigenvalue weighted by Gasteiger charge is 2.15. The molecule has 0 aromatic carbocycles. The average molecular weight is 398 g/mol. The van der Waals surface area contributed by atoms with E-state index in [9.17, 15) is 0 Å². The number of nitrogens with zero attached hydrogens (tertiary/aromatic N) is 5. The Hall–Kier alpha value is -2.57. The standard InChI is InChI=1S/C22H35N7/c1-6-23-22(26-16(2)13-20-17(3)27-28(5)18(20)4)25-15-19-9-10-24-21(14-19)29-11-7-8-12-29/h9-10,14,16H,6-8,11-13,15H2,1-5H3,(H2,23,25,26). The molecule has 1 fully saturated rings. The van der Waals surface area contributed by atoms with E-state index in [1.165, 1.54) is 29.7 Å². The quantitative estimate of drug-likeness (QED) is 0.555. The summed E-state index contributed by atoms with van der Waals surface area (Å²) in [5.74, 6) is 1.92. The number of pyridine rings is 1. The van der Waals surface area contributed by atoms with Crippen LogP contribution in [0, 0.1) is 13.8 Å². The van der Waals surface area contributed by atoms with Crippen LogP contribution in [-0.2, 0) is 20.0 Å². The molecule has 1 aliphatic heterocycles. The molecule has 0 amide bonds. The van der Waals surface area contributed by atoms with Crippen molar-refractivity contribution in [2.24, 2.45) is 12.0 Å². The Morgan fingerprint density at radius 2 is 2.03 bits per heavy atom. The number of rotatable bonds is 7.